The van der Waals surface area contributed by atoms with Crippen LogP contribution in [0.15, 0.2) is 24.3 Å². The number of carbonyl (C=O) groups excluding carboxylic acids is 2. The Kier molecular flexibility index (Phi) is 7.81. The molecule has 2 amide bonds. The molecule has 27 heavy (non-hydrogen) atoms. The minimum atomic E-state index is -0.473. The molecule has 1 aliphatic rings. The lowest BCUT2D eigenvalue weighted by atomic mass is 10.1. The quantitative estimate of drug-likeness (QED) is 0.469. The maximum Gasteiger partial charge on any atom is 0.243 e. The van der Waals surface area contributed by atoms with Crippen molar-refractivity contribution in [1.29, 1.82) is 0 Å². The molecular formula is C18H26N4O4S. The first-order valence-corrected chi connectivity index (χ1v) is 9.24. The van der Waals surface area contributed by atoms with Crippen LogP contribution in [0.3, 0.4) is 0 Å². The van der Waals surface area contributed by atoms with Gasteiger partial charge in [0.1, 0.15) is 5.75 Å². The number of ether oxygens (including phenoxy) is 2. The summed E-state index contributed by atoms with van der Waals surface area (Å²) in [6, 6.07) is 7.32. The number of carbonyl (C=O) groups is 2. The Morgan fingerprint density at radius 2 is 2.11 bits per heavy atom. The zero-order valence-electron chi connectivity index (χ0n) is 15.8. The van der Waals surface area contributed by atoms with E-state index in [4.69, 9.17) is 21.7 Å². The molecule has 9 heteroatoms. The highest BCUT2D eigenvalue weighted by molar-refractivity contribution is 7.80. The van der Waals surface area contributed by atoms with E-state index in [0.717, 1.165) is 0 Å². The molecule has 0 aliphatic carbocycles. The topological polar surface area (TPSA) is 91.9 Å². The van der Waals surface area contributed by atoms with E-state index in [2.05, 4.69) is 16.2 Å². The molecule has 0 bridgehead atoms. The molecule has 8 nitrogen and oxygen atoms in total. The predicted molar refractivity (Wildman–Crippen MR) is 106 cm³/mol. The van der Waals surface area contributed by atoms with Crippen molar-refractivity contribution in [3.8, 4) is 5.75 Å². The molecule has 0 unspecified atom stereocenters. The predicted octanol–water partition coefficient (Wildman–Crippen LogP) is 0.968. The van der Waals surface area contributed by atoms with Crippen LogP contribution in [0.4, 0.5) is 5.69 Å². The van der Waals surface area contributed by atoms with E-state index in [0.29, 0.717) is 24.7 Å². The molecule has 1 heterocycles. The Bertz CT molecular complexity index is 685. The molecular weight excluding hydrogens is 368 g/mol. The van der Waals surface area contributed by atoms with Crippen molar-refractivity contribution < 1.29 is 19.1 Å². The van der Waals surface area contributed by atoms with Gasteiger partial charge in [-0.05, 0) is 38.2 Å². The van der Waals surface area contributed by atoms with Gasteiger partial charge in [0.25, 0.3) is 0 Å². The van der Waals surface area contributed by atoms with Gasteiger partial charge in [-0.1, -0.05) is 12.1 Å². The molecule has 0 radical (unpaired) electrons. The summed E-state index contributed by atoms with van der Waals surface area (Å²) in [7, 11) is 1.60. The van der Waals surface area contributed by atoms with Crippen molar-refractivity contribution in [3.63, 3.8) is 0 Å². The fraction of sp³-hybridized carbons (Fsp3) is 0.500. The molecule has 1 aromatic carbocycles. The normalized spacial score (nSPS) is 17.4. The molecule has 0 aromatic heterocycles. The summed E-state index contributed by atoms with van der Waals surface area (Å²) >= 11 is 5.12. The highest BCUT2D eigenvalue weighted by Gasteiger charge is 2.36. The monoisotopic (exact) mass is 394 g/mol. The summed E-state index contributed by atoms with van der Waals surface area (Å²) in [5.41, 5.74) is 5.90. The van der Waals surface area contributed by atoms with Crippen LogP contribution in [0.2, 0.25) is 0 Å². The van der Waals surface area contributed by atoms with Crippen LogP contribution in [-0.2, 0) is 14.3 Å². The van der Waals surface area contributed by atoms with Gasteiger partial charge < -0.3 is 19.7 Å². The first kappa shape index (κ1) is 20.9. The lowest BCUT2D eigenvalue weighted by Gasteiger charge is -2.20. The number of anilines is 1. The van der Waals surface area contributed by atoms with Crippen molar-refractivity contribution in [2.75, 3.05) is 31.8 Å². The number of amides is 2. The van der Waals surface area contributed by atoms with Gasteiger partial charge in [0.15, 0.2) is 5.11 Å². The third kappa shape index (κ3) is 5.80. The largest absolute Gasteiger partial charge is 0.492 e. The Morgan fingerprint density at radius 3 is 2.81 bits per heavy atom. The van der Waals surface area contributed by atoms with Gasteiger partial charge >= 0.3 is 0 Å². The van der Waals surface area contributed by atoms with Gasteiger partial charge in [-0.3, -0.25) is 20.4 Å². The lowest BCUT2D eigenvalue weighted by Crippen LogP contribution is -2.51. The number of hydrogen-bond donors (Lipinski definition) is 3. The second kappa shape index (κ2) is 10.1. The fourth-order valence-electron chi connectivity index (χ4n) is 2.85. The van der Waals surface area contributed by atoms with Gasteiger partial charge in [0, 0.05) is 26.1 Å². The van der Waals surface area contributed by atoms with Crippen molar-refractivity contribution in [2.24, 2.45) is 5.92 Å². The number of hydrogen-bond acceptors (Lipinski definition) is 5. The van der Waals surface area contributed by atoms with Crippen molar-refractivity contribution >= 4 is 34.8 Å². The second-order valence-corrected chi connectivity index (χ2v) is 6.66. The minimum absolute atomic E-state index is 0.00511. The average Bonchev–Trinajstić information content (AvgIpc) is 3.02. The third-order valence-electron chi connectivity index (χ3n) is 4.05. The van der Waals surface area contributed by atoms with E-state index in [-0.39, 0.29) is 35.9 Å². The van der Waals surface area contributed by atoms with Crippen molar-refractivity contribution in [1.82, 2.24) is 16.2 Å². The zero-order chi connectivity index (χ0) is 19.8. The van der Waals surface area contributed by atoms with Gasteiger partial charge in [0.05, 0.1) is 24.8 Å². The fourth-order valence-corrected chi connectivity index (χ4v) is 3.10. The number of para-hydroxylation sites is 2. The zero-order valence-corrected chi connectivity index (χ0v) is 16.6. The molecule has 1 fully saturated rings. The standard InChI is InChI=1S/C18H26N4O4S/c1-4-26-15-8-6-5-7-14(15)22-10-13(9-16(22)23)17(24)20-21-18(27)19-12(2)11-25-3/h5-8,12-13H,4,9-11H2,1-3H3,(H,20,24)(H2,19,21,27)/t12-,13+/m1/s1. The molecule has 1 aliphatic heterocycles. The Balaban J connectivity index is 1.91. The first-order valence-electron chi connectivity index (χ1n) is 8.83. The first-order chi connectivity index (χ1) is 13.0. The summed E-state index contributed by atoms with van der Waals surface area (Å²) in [6.45, 7) is 5.06. The van der Waals surface area contributed by atoms with Crippen LogP contribution in [0.5, 0.6) is 5.75 Å². The molecule has 148 valence electrons. The van der Waals surface area contributed by atoms with Crippen LogP contribution in [0.25, 0.3) is 0 Å². The van der Waals surface area contributed by atoms with Crippen molar-refractivity contribution in [2.45, 2.75) is 26.3 Å². The van der Waals surface area contributed by atoms with E-state index in [9.17, 15) is 9.59 Å². The van der Waals surface area contributed by atoms with E-state index in [1.54, 1.807) is 12.0 Å². The molecule has 1 aromatic rings. The molecule has 0 spiro atoms. The average molecular weight is 394 g/mol. The minimum Gasteiger partial charge on any atom is -0.492 e. The molecule has 2 rings (SSSR count). The summed E-state index contributed by atoms with van der Waals surface area (Å²) in [6.07, 6.45) is 0.133. The van der Waals surface area contributed by atoms with E-state index in [1.807, 2.05) is 38.1 Å². The number of nitrogens with one attached hydrogen (secondary N) is 3. The molecule has 1 saturated heterocycles. The number of benzene rings is 1. The molecule has 0 saturated carbocycles. The summed E-state index contributed by atoms with van der Waals surface area (Å²) in [4.78, 5) is 26.4. The van der Waals surface area contributed by atoms with Crippen LogP contribution >= 0.6 is 12.2 Å². The number of methoxy groups -OCH3 is 1. The summed E-state index contributed by atoms with van der Waals surface area (Å²) < 4.78 is 10.6. The highest BCUT2D eigenvalue weighted by Crippen LogP contribution is 2.32. The van der Waals surface area contributed by atoms with Crippen LogP contribution in [-0.4, -0.2) is 49.8 Å². The van der Waals surface area contributed by atoms with E-state index in [1.165, 1.54) is 0 Å². The number of hydrazine groups is 1. The van der Waals surface area contributed by atoms with Gasteiger partial charge in [-0.25, -0.2) is 0 Å². The Labute approximate surface area is 164 Å². The maximum atomic E-state index is 12.4. The maximum absolute atomic E-state index is 12.4. The third-order valence-corrected chi connectivity index (χ3v) is 4.27. The van der Waals surface area contributed by atoms with E-state index >= 15 is 0 Å². The second-order valence-electron chi connectivity index (χ2n) is 6.25. The van der Waals surface area contributed by atoms with Gasteiger partial charge in [0.2, 0.25) is 11.8 Å². The number of nitrogens with zero attached hydrogens (tertiary/aromatic N) is 1. The summed E-state index contributed by atoms with van der Waals surface area (Å²) in [5, 5.41) is 3.27. The van der Waals surface area contributed by atoms with E-state index < -0.39 is 5.92 Å². The Morgan fingerprint density at radius 1 is 1.37 bits per heavy atom. The lowest BCUT2D eigenvalue weighted by molar-refractivity contribution is -0.126. The molecule has 2 atom stereocenters. The summed E-state index contributed by atoms with van der Waals surface area (Å²) in [5.74, 6) is -0.246. The van der Waals surface area contributed by atoms with Crippen LogP contribution in [0, 0.1) is 5.92 Å². The number of thiocarbonyl (C=S) groups is 1. The number of rotatable bonds is 7. The molecule has 3 N–H and O–H groups in total. The smallest absolute Gasteiger partial charge is 0.243 e. The SMILES string of the molecule is CCOc1ccccc1N1C[C@@H](C(=O)NNC(=S)N[C@H](C)COC)CC1=O. The van der Waals surface area contributed by atoms with Gasteiger partial charge in [-0.2, -0.15) is 0 Å². The Hall–Kier alpha value is -2.39. The van der Waals surface area contributed by atoms with Crippen molar-refractivity contribution in [3.05, 3.63) is 24.3 Å². The van der Waals surface area contributed by atoms with Crippen LogP contribution < -0.4 is 25.8 Å². The van der Waals surface area contributed by atoms with Gasteiger partial charge in [-0.15, -0.1) is 0 Å². The van der Waals surface area contributed by atoms with Crippen LogP contribution in [0.1, 0.15) is 20.3 Å². The highest BCUT2D eigenvalue weighted by atomic mass is 32.1.